The Balaban J connectivity index is 1.80. The molecule has 0 fully saturated rings. The van der Waals surface area contributed by atoms with Crippen molar-refractivity contribution in [2.24, 2.45) is 0 Å². The summed E-state index contributed by atoms with van der Waals surface area (Å²) in [5, 5.41) is 2.90. The van der Waals surface area contributed by atoms with E-state index in [1.165, 1.54) is 0 Å². The standard InChI is InChI=1S/C21H20N2O/c1-16-12-13-22-20(14-16)23-21(24)15-19(17-8-4-2-5-9-17)18-10-6-3-7-11-18/h2-14,19H,15H2,1H3,(H,22,23,24). The number of hydrogen-bond acceptors (Lipinski definition) is 2. The van der Waals surface area contributed by atoms with Crippen LogP contribution in [0.25, 0.3) is 0 Å². The second kappa shape index (κ2) is 7.55. The third-order valence-corrected chi connectivity index (χ3v) is 3.98. The largest absolute Gasteiger partial charge is 0.311 e. The zero-order valence-corrected chi connectivity index (χ0v) is 13.6. The van der Waals surface area contributed by atoms with Crippen molar-refractivity contribution in [3.8, 4) is 0 Å². The zero-order chi connectivity index (χ0) is 16.8. The van der Waals surface area contributed by atoms with E-state index in [1.54, 1.807) is 6.20 Å². The molecule has 3 aromatic rings. The maximum absolute atomic E-state index is 12.5. The minimum atomic E-state index is -0.0363. The first-order valence-corrected chi connectivity index (χ1v) is 8.05. The number of rotatable bonds is 5. The molecule has 1 heterocycles. The Morgan fingerprint density at radius 3 is 2.08 bits per heavy atom. The van der Waals surface area contributed by atoms with E-state index in [0.29, 0.717) is 12.2 Å². The summed E-state index contributed by atoms with van der Waals surface area (Å²) in [6.07, 6.45) is 2.08. The van der Waals surface area contributed by atoms with Gasteiger partial charge < -0.3 is 5.32 Å². The van der Waals surface area contributed by atoms with Crippen LogP contribution in [0.5, 0.6) is 0 Å². The molecule has 24 heavy (non-hydrogen) atoms. The summed E-state index contributed by atoms with van der Waals surface area (Å²) in [7, 11) is 0. The summed E-state index contributed by atoms with van der Waals surface area (Å²) in [6.45, 7) is 1.98. The van der Waals surface area contributed by atoms with Crippen LogP contribution in [0.2, 0.25) is 0 Å². The van der Waals surface area contributed by atoms with Gasteiger partial charge in [0.25, 0.3) is 0 Å². The highest BCUT2D eigenvalue weighted by molar-refractivity contribution is 5.90. The maximum atomic E-state index is 12.5. The highest BCUT2D eigenvalue weighted by Crippen LogP contribution is 2.28. The summed E-state index contributed by atoms with van der Waals surface area (Å²) in [5.41, 5.74) is 3.34. The van der Waals surface area contributed by atoms with E-state index in [0.717, 1.165) is 16.7 Å². The van der Waals surface area contributed by atoms with Gasteiger partial charge >= 0.3 is 0 Å². The van der Waals surface area contributed by atoms with Crippen LogP contribution in [0.15, 0.2) is 79.0 Å². The Morgan fingerprint density at radius 1 is 0.958 bits per heavy atom. The maximum Gasteiger partial charge on any atom is 0.226 e. The minimum absolute atomic E-state index is 0.0252. The lowest BCUT2D eigenvalue weighted by Crippen LogP contribution is -2.17. The lowest BCUT2D eigenvalue weighted by atomic mass is 9.88. The number of amides is 1. The molecule has 1 amide bonds. The first kappa shape index (κ1) is 15.9. The van der Waals surface area contributed by atoms with Crippen LogP contribution in [0, 0.1) is 6.92 Å². The van der Waals surface area contributed by atoms with Crippen LogP contribution in [0.3, 0.4) is 0 Å². The Hall–Kier alpha value is -2.94. The van der Waals surface area contributed by atoms with Crippen LogP contribution in [-0.2, 0) is 4.79 Å². The monoisotopic (exact) mass is 316 g/mol. The molecule has 0 aliphatic rings. The molecule has 0 unspecified atom stereocenters. The molecule has 3 heteroatoms. The van der Waals surface area contributed by atoms with Crippen molar-refractivity contribution in [3.05, 3.63) is 95.7 Å². The van der Waals surface area contributed by atoms with Gasteiger partial charge in [-0.05, 0) is 35.7 Å². The molecule has 3 nitrogen and oxygen atoms in total. The van der Waals surface area contributed by atoms with E-state index in [2.05, 4.69) is 34.6 Å². The quantitative estimate of drug-likeness (QED) is 0.750. The van der Waals surface area contributed by atoms with Gasteiger partial charge in [0.05, 0.1) is 0 Å². The number of pyridine rings is 1. The van der Waals surface area contributed by atoms with Gasteiger partial charge in [0.2, 0.25) is 5.91 Å². The summed E-state index contributed by atoms with van der Waals surface area (Å²) < 4.78 is 0. The molecular weight excluding hydrogens is 296 g/mol. The molecule has 0 spiro atoms. The fourth-order valence-corrected chi connectivity index (χ4v) is 2.78. The van der Waals surface area contributed by atoms with Gasteiger partial charge in [0, 0.05) is 18.5 Å². The van der Waals surface area contributed by atoms with Crippen molar-refractivity contribution in [1.82, 2.24) is 4.98 Å². The summed E-state index contributed by atoms with van der Waals surface area (Å²) in [5.74, 6) is 0.586. The number of hydrogen-bond donors (Lipinski definition) is 1. The first-order chi connectivity index (χ1) is 11.7. The highest BCUT2D eigenvalue weighted by atomic mass is 16.1. The first-order valence-electron chi connectivity index (χ1n) is 8.05. The van der Waals surface area contributed by atoms with Crippen molar-refractivity contribution >= 4 is 11.7 Å². The molecule has 0 atom stereocenters. The normalized spacial score (nSPS) is 10.6. The highest BCUT2D eigenvalue weighted by Gasteiger charge is 2.18. The average Bonchev–Trinajstić information content (AvgIpc) is 2.61. The van der Waals surface area contributed by atoms with Crippen LogP contribution in [0.1, 0.15) is 29.0 Å². The number of carbonyl (C=O) groups excluding carboxylic acids is 1. The van der Waals surface area contributed by atoms with Crippen LogP contribution in [0.4, 0.5) is 5.82 Å². The molecule has 0 aliphatic heterocycles. The van der Waals surface area contributed by atoms with Crippen LogP contribution in [-0.4, -0.2) is 10.9 Å². The van der Waals surface area contributed by atoms with Gasteiger partial charge in [-0.1, -0.05) is 60.7 Å². The molecule has 0 aliphatic carbocycles. The smallest absolute Gasteiger partial charge is 0.226 e. The lowest BCUT2D eigenvalue weighted by molar-refractivity contribution is -0.116. The predicted octanol–water partition coefficient (Wildman–Crippen LogP) is 4.55. The molecule has 3 rings (SSSR count). The van der Waals surface area contributed by atoms with E-state index in [9.17, 15) is 4.79 Å². The Bertz CT molecular complexity index is 761. The number of aryl methyl sites for hydroxylation is 1. The molecule has 1 N–H and O–H groups in total. The van der Waals surface area contributed by atoms with Crippen molar-refractivity contribution in [2.75, 3.05) is 5.32 Å². The minimum Gasteiger partial charge on any atom is -0.311 e. The molecule has 0 bridgehead atoms. The van der Waals surface area contributed by atoms with Crippen molar-refractivity contribution < 1.29 is 4.79 Å². The van der Waals surface area contributed by atoms with Gasteiger partial charge in [-0.25, -0.2) is 4.98 Å². The Labute approximate surface area is 142 Å². The van der Waals surface area contributed by atoms with Crippen molar-refractivity contribution in [1.29, 1.82) is 0 Å². The molecule has 0 saturated carbocycles. The molecule has 0 saturated heterocycles. The second-order valence-electron chi connectivity index (χ2n) is 5.84. The van der Waals surface area contributed by atoms with Gasteiger partial charge in [-0.3, -0.25) is 4.79 Å². The summed E-state index contributed by atoms with van der Waals surface area (Å²) in [6, 6.07) is 24.0. The second-order valence-corrected chi connectivity index (χ2v) is 5.84. The summed E-state index contributed by atoms with van der Waals surface area (Å²) in [4.78, 5) is 16.7. The number of anilines is 1. The average molecular weight is 316 g/mol. The topological polar surface area (TPSA) is 42.0 Å². The zero-order valence-electron chi connectivity index (χ0n) is 13.6. The number of aromatic nitrogens is 1. The Kier molecular flexibility index (Phi) is 5.02. The van der Waals surface area contributed by atoms with E-state index < -0.39 is 0 Å². The molecule has 1 aromatic heterocycles. The summed E-state index contributed by atoms with van der Waals surface area (Å²) >= 11 is 0. The van der Waals surface area contributed by atoms with Gasteiger partial charge in [0.1, 0.15) is 5.82 Å². The van der Waals surface area contributed by atoms with E-state index >= 15 is 0 Å². The molecular formula is C21H20N2O. The number of benzene rings is 2. The number of nitrogens with one attached hydrogen (secondary N) is 1. The van der Waals surface area contributed by atoms with Crippen LogP contribution >= 0.6 is 0 Å². The predicted molar refractivity (Wildman–Crippen MR) is 96.9 cm³/mol. The van der Waals surface area contributed by atoms with Crippen LogP contribution < -0.4 is 5.32 Å². The molecule has 2 aromatic carbocycles. The fourth-order valence-electron chi connectivity index (χ4n) is 2.78. The number of nitrogens with zero attached hydrogens (tertiary/aromatic N) is 1. The van der Waals surface area contributed by atoms with Crippen molar-refractivity contribution in [2.45, 2.75) is 19.3 Å². The lowest BCUT2D eigenvalue weighted by Gasteiger charge is -2.17. The Morgan fingerprint density at radius 2 is 1.54 bits per heavy atom. The third-order valence-electron chi connectivity index (χ3n) is 3.98. The molecule has 120 valence electrons. The van der Waals surface area contributed by atoms with E-state index in [4.69, 9.17) is 0 Å². The van der Waals surface area contributed by atoms with E-state index in [-0.39, 0.29) is 11.8 Å². The number of carbonyl (C=O) groups is 1. The van der Waals surface area contributed by atoms with Gasteiger partial charge in [-0.2, -0.15) is 0 Å². The SMILES string of the molecule is Cc1ccnc(NC(=O)CC(c2ccccc2)c2ccccc2)c1. The fraction of sp³-hybridized carbons (Fsp3) is 0.143. The molecule has 0 radical (unpaired) electrons. The van der Waals surface area contributed by atoms with E-state index in [1.807, 2.05) is 55.5 Å². The van der Waals surface area contributed by atoms with Crippen molar-refractivity contribution in [3.63, 3.8) is 0 Å². The third kappa shape index (κ3) is 4.07. The van der Waals surface area contributed by atoms with Gasteiger partial charge in [0.15, 0.2) is 0 Å². The van der Waals surface area contributed by atoms with Gasteiger partial charge in [-0.15, -0.1) is 0 Å².